The second-order valence-electron chi connectivity index (χ2n) is 6.27. The first-order valence-corrected chi connectivity index (χ1v) is 9.10. The van der Waals surface area contributed by atoms with Gasteiger partial charge in [-0.25, -0.2) is 13.1 Å². The zero-order valence-electron chi connectivity index (χ0n) is 13.3. The molecule has 0 radical (unpaired) electrons. The maximum absolute atomic E-state index is 12.7. The van der Waals surface area contributed by atoms with E-state index < -0.39 is 10.0 Å². The van der Waals surface area contributed by atoms with Crippen molar-refractivity contribution in [1.29, 1.82) is 0 Å². The molecule has 0 amide bonds. The van der Waals surface area contributed by atoms with Crippen LogP contribution in [0.5, 0.6) is 0 Å². The highest BCUT2D eigenvalue weighted by Crippen LogP contribution is 2.32. The number of hydrogen-bond acceptors (Lipinski definition) is 3. The average molecular weight is 310 g/mol. The number of sulfonamides is 1. The molecule has 1 saturated carbocycles. The molecule has 0 spiro atoms. The van der Waals surface area contributed by atoms with Gasteiger partial charge in [0.25, 0.3) is 0 Å². The number of aryl methyl sites for hydroxylation is 1. The fourth-order valence-corrected chi connectivity index (χ4v) is 4.70. The monoisotopic (exact) mass is 310 g/mol. The van der Waals surface area contributed by atoms with E-state index in [0.29, 0.717) is 23.3 Å². The molecule has 2 rings (SSSR count). The van der Waals surface area contributed by atoms with Crippen LogP contribution in [0.3, 0.4) is 0 Å². The lowest BCUT2D eigenvalue weighted by molar-refractivity contribution is 0.402. The first-order valence-electron chi connectivity index (χ1n) is 7.61. The second-order valence-corrected chi connectivity index (χ2v) is 7.95. The molecule has 1 aliphatic carbocycles. The summed E-state index contributed by atoms with van der Waals surface area (Å²) in [7, 11) is -1.59. The van der Waals surface area contributed by atoms with E-state index in [2.05, 4.69) is 23.9 Å². The molecule has 0 aliphatic heterocycles. The summed E-state index contributed by atoms with van der Waals surface area (Å²) in [5, 5.41) is 3.05. The largest absolute Gasteiger partial charge is 0.316 e. The summed E-state index contributed by atoms with van der Waals surface area (Å²) in [4.78, 5) is 0.405. The second kappa shape index (κ2) is 6.46. The zero-order valence-corrected chi connectivity index (χ0v) is 14.1. The molecule has 0 saturated heterocycles. The minimum atomic E-state index is -3.45. The molecule has 1 fully saturated rings. The zero-order chi connectivity index (χ0) is 15.6. The van der Waals surface area contributed by atoms with Crippen molar-refractivity contribution in [2.24, 2.45) is 11.8 Å². The minimum Gasteiger partial charge on any atom is -0.316 e. The van der Waals surface area contributed by atoms with Crippen LogP contribution < -0.4 is 10.0 Å². The van der Waals surface area contributed by atoms with Crippen molar-refractivity contribution in [2.45, 2.75) is 51.1 Å². The van der Waals surface area contributed by atoms with Gasteiger partial charge >= 0.3 is 0 Å². The van der Waals surface area contributed by atoms with E-state index in [9.17, 15) is 8.42 Å². The van der Waals surface area contributed by atoms with E-state index in [-0.39, 0.29) is 6.04 Å². The minimum absolute atomic E-state index is 0.0531. The highest BCUT2D eigenvalue weighted by Gasteiger charge is 2.33. The van der Waals surface area contributed by atoms with Crippen LogP contribution >= 0.6 is 0 Å². The first-order chi connectivity index (χ1) is 9.85. The van der Waals surface area contributed by atoms with Gasteiger partial charge in [-0.3, -0.25) is 0 Å². The topological polar surface area (TPSA) is 58.2 Å². The molecule has 1 aromatic rings. The van der Waals surface area contributed by atoms with Crippen LogP contribution in [-0.4, -0.2) is 21.5 Å². The Morgan fingerprint density at radius 3 is 2.52 bits per heavy atom. The smallest absolute Gasteiger partial charge is 0.241 e. The van der Waals surface area contributed by atoms with Crippen LogP contribution in [0.25, 0.3) is 0 Å². The number of benzene rings is 1. The molecule has 3 atom stereocenters. The van der Waals surface area contributed by atoms with Crippen LogP contribution in [0.15, 0.2) is 23.1 Å². The highest BCUT2D eigenvalue weighted by molar-refractivity contribution is 7.89. The lowest BCUT2D eigenvalue weighted by atomic mass is 9.98. The number of rotatable bonds is 5. The third-order valence-corrected chi connectivity index (χ3v) is 6.33. The van der Waals surface area contributed by atoms with Crippen LogP contribution in [0, 0.1) is 18.8 Å². The Morgan fingerprint density at radius 1 is 1.24 bits per heavy atom. The molecule has 21 heavy (non-hydrogen) atoms. The quantitative estimate of drug-likeness (QED) is 0.878. The van der Waals surface area contributed by atoms with E-state index in [1.165, 1.54) is 0 Å². The van der Waals surface area contributed by atoms with Crippen molar-refractivity contribution >= 4 is 10.0 Å². The highest BCUT2D eigenvalue weighted by atomic mass is 32.2. The summed E-state index contributed by atoms with van der Waals surface area (Å²) in [5.41, 5.74) is 1.78. The third-order valence-electron chi connectivity index (χ3n) is 4.69. The van der Waals surface area contributed by atoms with Gasteiger partial charge in [0.05, 0.1) is 4.90 Å². The van der Waals surface area contributed by atoms with Crippen molar-refractivity contribution in [1.82, 2.24) is 10.0 Å². The molecule has 0 heterocycles. The Balaban J connectivity index is 2.25. The SMILES string of the molecule is CNCc1ccc(C)c(S(=O)(=O)NC2CCC(C)C2C)c1. The summed E-state index contributed by atoms with van der Waals surface area (Å²) in [6, 6.07) is 5.67. The van der Waals surface area contributed by atoms with Crippen molar-refractivity contribution in [2.75, 3.05) is 7.05 Å². The van der Waals surface area contributed by atoms with E-state index in [1.54, 1.807) is 6.07 Å². The predicted octanol–water partition coefficient (Wildman–Crippen LogP) is 2.43. The third kappa shape index (κ3) is 3.65. The molecule has 118 valence electrons. The van der Waals surface area contributed by atoms with Gasteiger partial charge in [-0.05, 0) is 55.8 Å². The number of hydrogen-bond donors (Lipinski definition) is 2. The molecule has 5 heteroatoms. The summed E-state index contributed by atoms with van der Waals surface area (Å²) in [6.07, 6.45) is 2.02. The summed E-state index contributed by atoms with van der Waals surface area (Å²) < 4.78 is 28.3. The molecule has 3 unspecified atom stereocenters. The Kier molecular flexibility index (Phi) is 5.07. The van der Waals surface area contributed by atoms with Gasteiger partial charge in [0.15, 0.2) is 0 Å². The van der Waals surface area contributed by atoms with Gasteiger partial charge in [0.2, 0.25) is 10.0 Å². The number of nitrogens with one attached hydrogen (secondary N) is 2. The van der Waals surface area contributed by atoms with E-state index >= 15 is 0 Å². The maximum atomic E-state index is 12.7. The summed E-state index contributed by atoms with van der Waals surface area (Å²) in [6.45, 7) is 6.84. The van der Waals surface area contributed by atoms with Gasteiger partial charge in [0, 0.05) is 12.6 Å². The summed E-state index contributed by atoms with van der Waals surface area (Å²) >= 11 is 0. The van der Waals surface area contributed by atoms with Crippen LogP contribution in [0.2, 0.25) is 0 Å². The Bertz CT molecular complexity index is 598. The van der Waals surface area contributed by atoms with Crippen molar-refractivity contribution in [3.8, 4) is 0 Å². The van der Waals surface area contributed by atoms with Crippen LogP contribution in [0.1, 0.15) is 37.8 Å². The van der Waals surface area contributed by atoms with Crippen LogP contribution in [0.4, 0.5) is 0 Å². The van der Waals surface area contributed by atoms with E-state index in [4.69, 9.17) is 0 Å². The molecule has 4 nitrogen and oxygen atoms in total. The predicted molar refractivity (Wildman–Crippen MR) is 85.6 cm³/mol. The van der Waals surface area contributed by atoms with Gasteiger partial charge in [-0.2, -0.15) is 0 Å². The fourth-order valence-electron chi connectivity index (χ4n) is 3.04. The maximum Gasteiger partial charge on any atom is 0.241 e. The lowest BCUT2D eigenvalue weighted by Gasteiger charge is -2.20. The van der Waals surface area contributed by atoms with Gasteiger partial charge in [0.1, 0.15) is 0 Å². The average Bonchev–Trinajstić information content (AvgIpc) is 2.72. The molecular formula is C16H26N2O2S. The molecule has 0 bridgehead atoms. The van der Waals surface area contributed by atoms with E-state index in [0.717, 1.165) is 24.0 Å². The lowest BCUT2D eigenvalue weighted by Crippen LogP contribution is -2.37. The van der Waals surface area contributed by atoms with Crippen LogP contribution in [-0.2, 0) is 16.6 Å². The molecule has 1 aromatic carbocycles. The van der Waals surface area contributed by atoms with Crippen molar-refractivity contribution in [3.05, 3.63) is 29.3 Å². The Morgan fingerprint density at radius 2 is 1.95 bits per heavy atom. The molecular weight excluding hydrogens is 284 g/mol. The first kappa shape index (κ1) is 16.5. The van der Waals surface area contributed by atoms with E-state index in [1.807, 2.05) is 26.1 Å². The fraction of sp³-hybridized carbons (Fsp3) is 0.625. The van der Waals surface area contributed by atoms with Gasteiger partial charge < -0.3 is 5.32 Å². The molecule has 0 aromatic heterocycles. The molecule has 1 aliphatic rings. The standard InChI is InChI=1S/C16H26N2O2S/c1-11-6-8-15(13(11)3)18-21(19,20)16-9-14(10-17-4)7-5-12(16)2/h5,7,9,11,13,15,17-18H,6,8,10H2,1-4H3. The summed E-state index contributed by atoms with van der Waals surface area (Å²) in [5.74, 6) is 0.968. The Labute approximate surface area is 128 Å². The van der Waals surface area contributed by atoms with Crippen molar-refractivity contribution in [3.63, 3.8) is 0 Å². The van der Waals surface area contributed by atoms with Crippen molar-refractivity contribution < 1.29 is 8.42 Å². The Hall–Kier alpha value is -0.910. The molecule has 2 N–H and O–H groups in total. The normalized spacial score (nSPS) is 26.2. The van der Waals surface area contributed by atoms with Gasteiger partial charge in [-0.1, -0.05) is 26.0 Å². The van der Waals surface area contributed by atoms with Gasteiger partial charge in [-0.15, -0.1) is 0 Å².